The maximum atomic E-state index is 12.6. The molecule has 0 aliphatic rings. The second-order valence-electron chi connectivity index (χ2n) is 8.34. The van der Waals surface area contributed by atoms with E-state index in [1.54, 1.807) is 40.1 Å². The third kappa shape index (κ3) is 6.41. The number of quaternary nitrogens is 1. The number of pyridine rings is 1. The van der Waals surface area contributed by atoms with Crippen LogP contribution in [0, 0.1) is 24.2 Å². The first-order valence-corrected chi connectivity index (χ1v) is 11.7. The largest absolute Gasteiger partial charge is 0.383 e. The molecule has 0 bridgehead atoms. The lowest BCUT2D eigenvalue weighted by atomic mass is 10.0. The predicted molar refractivity (Wildman–Crippen MR) is 148 cm³/mol. The molecule has 1 unspecified atom stereocenters. The lowest BCUT2D eigenvalue weighted by molar-refractivity contribution is -0.539. The molecule has 2 aromatic heterocycles. The zero-order valence-electron chi connectivity index (χ0n) is 21.9. The number of nitrogens with one attached hydrogen (secondary N) is 3. The van der Waals surface area contributed by atoms with Crippen LogP contribution in [0.5, 0.6) is 0 Å². The van der Waals surface area contributed by atoms with Gasteiger partial charge in [0.1, 0.15) is 28.8 Å². The van der Waals surface area contributed by atoms with Gasteiger partial charge in [-0.25, -0.2) is 15.0 Å². The number of rotatable bonds is 7. The first kappa shape index (κ1) is 27.1. The van der Waals surface area contributed by atoms with Crippen molar-refractivity contribution in [1.82, 2.24) is 20.3 Å². The van der Waals surface area contributed by atoms with Crippen LogP contribution >= 0.6 is 0 Å². The number of nitrogens with zero attached hydrogens (tertiary/aromatic N) is 4. The molecule has 7 N–H and O–H groups in total. The van der Waals surface area contributed by atoms with E-state index >= 15 is 0 Å². The molecule has 0 spiro atoms. The number of aromatic nitrogens is 3. The van der Waals surface area contributed by atoms with Gasteiger partial charge in [-0.15, -0.1) is 0 Å². The monoisotopic (exact) mass is 498 g/mol. The molecule has 0 aliphatic heterocycles. The molecule has 10 nitrogen and oxygen atoms in total. The average molecular weight is 499 g/mol. The standard InChI is InChI=1S/C27H31N9O/c1-15(30-4)24-25(33-17(3)34-26(24)29)19-12-21(35-23(13-19)36-27(37)16(2)31-5)9-7-18-8-10-22(32-6)20(11-18)14-28/h8,10-14,16,28,31-32H,1-6H3,(H2,29,33,34)(H,35,36,37)/p+1. The van der Waals surface area contributed by atoms with E-state index in [2.05, 4.69) is 42.4 Å². The minimum absolute atomic E-state index is 0.238. The highest BCUT2D eigenvalue weighted by molar-refractivity contribution is 6.07. The molecular formula is C27H32N9O+. The molecule has 1 atom stereocenters. The summed E-state index contributed by atoms with van der Waals surface area (Å²) in [5.41, 5.74) is 11.7. The van der Waals surface area contributed by atoms with Crippen LogP contribution in [0.1, 0.15) is 42.1 Å². The summed E-state index contributed by atoms with van der Waals surface area (Å²) in [6.07, 6.45) is 1.30. The van der Waals surface area contributed by atoms with Gasteiger partial charge in [0.2, 0.25) is 5.91 Å². The van der Waals surface area contributed by atoms with Crippen LogP contribution in [0.3, 0.4) is 0 Å². The highest BCUT2D eigenvalue weighted by atomic mass is 16.2. The van der Waals surface area contributed by atoms with Gasteiger partial charge in [0.05, 0.1) is 29.9 Å². The van der Waals surface area contributed by atoms with Crippen molar-refractivity contribution in [3.63, 3.8) is 0 Å². The van der Waals surface area contributed by atoms with Gasteiger partial charge in [-0.1, -0.05) is 5.92 Å². The number of nitrogen functional groups attached to an aromatic ring is 1. The number of nitrogens with two attached hydrogens (primary N) is 2. The SMILES string of the molecule is CN=C(C)c1c(N)nc(C)nc1-c1cc(C#Cc2ccc([NH2+]C)c(C=N)c2)nc(NC(=O)C(C)NC)c1. The number of benzene rings is 1. The summed E-state index contributed by atoms with van der Waals surface area (Å²) in [5.74, 6) is 7.12. The third-order valence-electron chi connectivity index (χ3n) is 5.81. The molecular weight excluding hydrogens is 466 g/mol. The Morgan fingerprint density at radius 2 is 1.97 bits per heavy atom. The van der Waals surface area contributed by atoms with Crippen molar-refractivity contribution in [2.24, 2.45) is 4.99 Å². The summed E-state index contributed by atoms with van der Waals surface area (Å²) in [4.78, 5) is 30.4. The number of amides is 1. The molecule has 2 heterocycles. The second-order valence-corrected chi connectivity index (χ2v) is 8.34. The van der Waals surface area contributed by atoms with Gasteiger partial charge in [-0.3, -0.25) is 9.79 Å². The van der Waals surface area contributed by atoms with Gasteiger partial charge in [0, 0.05) is 36.2 Å². The molecule has 1 aromatic carbocycles. The highest BCUT2D eigenvalue weighted by Crippen LogP contribution is 2.28. The zero-order valence-corrected chi connectivity index (χ0v) is 21.9. The first-order valence-electron chi connectivity index (χ1n) is 11.7. The molecule has 10 heteroatoms. The van der Waals surface area contributed by atoms with E-state index in [1.165, 1.54) is 6.21 Å². The Morgan fingerprint density at radius 3 is 2.62 bits per heavy atom. The van der Waals surface area contributed by atoms with Crippen molar-refractivity contribution in [3.8, 4) is 23.1 Å². The summed E-state index contributed by atoms with van der Waals surface area (Å²) < 4.78 is 0. The maximum absolute atomic E-state index is 12.6. The molecule has 0 radical (unpaired) electrons. The Bertz CT molecular complexity index is 1430. The Balaban J connectivity index is 2.19. The third-order valence-corrected chi connectivity index (χ3v) is 5.81. The van der Waals surface area contributed by atoms with Crippen molar-refractivity contribution in [1.29, 1.82) is 5.41 Å². The normalized spacial score (nSPS) is 11.9. The topological polar surface area (TPSA) is 159 Å². The van der Waals surface area contributed by atoms with E-state index in [-0.39, 0.29) is 5.91 Å². The van der Waals surface area contributed by atoms with Crippen molar-refractivity contribution >= 4 is 35.2 Å². The number of hydrogen-bond acceptors (Lipinski definition) is 8. The van der Waals surface area contributed by atoms with Crippen molar-refractivity contribution in [2.75, 3.05) is 32.2 Å². The van der Waals surface area contributed by atoms with Gasteiger partial charge in [0.15, 0.2) is 0 Å². The summed E-state index contributed by atoms with van der Waals surface area (Å²) >= 11 is 0. The fourth-order valence-electron chi connectivity index (χ4n) is 3.61. The van der Waals surface area contributed by atoms with E-state index in [0.717, 1.165) is 16.8 Å². The summed E-state index contributed by atoms with van der Waals surface area (Å²) in [6.45, 7) is 5.36. The second kappa shape index (κ2) is 12.0. The van der Waals surface area contributed by atoms with E-state index < -0.39 is 6.04 Å². The van der Waals surface area contributed by atoms with Crippen LogP contribution < -0.4 is 21.7 Å². The molecule has 3 aromatic rings. The Kier molecular flexibility index (Phi) is 8.79. The van der Waals surface area contributed by atoms with Crippen LogP contribution in [0.4, 0.5) is 17.3 Å². The fraction of sp³-hybridized carbons (Fsp3) is 0.259. The molecule has 0 saturated heterocycles. The molecule has 1 amide bonds. The van der Waals surface area contributed by atoms with Crippen molar-refractivity contribution in [2.45, 2.75) is 26.8 Å². The molecule has 0 saturated carbocycles. The minimum Gasteiger partial charge on any atom is -0.383 e. The van der Waals surface area contributed by atoms with Gasteiger partial charge in [-0.2, -0.15) is 0 Å². The van der Waals surface area contributed by atoms with Crippen LogP contribution in [0.25, 0.3) is 11.3 Å². The van der Waals surface area contributed by atoms with E-state index in [9.17, 15) is 4.79 Å². The quantitative estimate of drug-likeness (QED) is 0.189. The summed E-state index contributed by atoms with van der Waals surface area (Å²) in [6, 6.07) is 8.77. The molecule has 190 valence electrons. The molecule has 0 fully saturated rings. The maximum Gasteiger partial charge on any atom is 0.242 e. The zero-order chi connectivity index (χ0) is 27.1. The molecule has 3 rings (SSSR count). The highest BCUT2D eigenvalue weighted by Gasteiger charge is 2.18. The average Bonchev–Trinajstić information content (AvgIpc) is 2.90. The predicted octanol–water partition coefficient (Wildman–Crippen LogP) is 1.64. The lowest BCUT2D eigenvalue weighted by Gasteiger charge is -2.14. The smallest absolute Gasteiger partial charge is 0.242 e. The number of likely N-dealkylation sites (N-methyl/N-ethyl adjacent to an activating group) is 1. The van der Waals surface area contributed by atoms with Gasteiger partial charge >= 0.3 is 0 Å². The summed E-state index contributed by atoms with van der Waals surface area (Å²) in [5, 5.41) is 15.4. The molecule has 37 heavy (non-hydrogen) atoms. The van der Waals surface area contributed by atoms with E-state index in [1.807, 2.05) is 37.5 Å². The Labute approximate surface area is 216 Å². The van der Waals surface area contributed by atoms with Gasteiger partial charge in [0.25, 0.3) is 0 Å². The Morgan fingerprint density at radius 1 is 1.22 bits per heavy atom. The number of anilines is 2. The van der Waals surface area contributed by atoms with Crippen LogP contribution in [0.15, 0.2) is 35.3 Å². The first-order chi connectivity index (χ1) is 17.7. The van der Waals surface area contributed by atoms with E-state index in [0.29, 0.717) is 45.7 Å². The van der Waals surface area contributed by atoms with E-state index in [4.69, 9.17) is 11.1 Å². The van der Waals surface area contributed by atoms with Crippen molar-refractivity contribution < 1.29 is 10.1 Å². The number of carbonyl (C=O) groups is 1. The van der Waals surface area contributed by atoms with Gasteiger partial charge in [-0.05, 0) is 58.0 Å². The number of hydrogen-bond donors (Lipinski definition) is 5. The van der Waals surface area contributed by atoms with Crippen LogP contribution in [0.2, 0.25) is 0 Å². The van der Waals surface area contributed by atoms with Crippen LogP contribution in [-0.4, -0.2) is 60.0 Å². The number of aliphatic imine (C=N–C) groups is 1. The summed E-state index contributed by atoms with van der Waals surface area (Å²) in [7, 11) is 5.31. The number of aryl methyl sites for hydroxylation is 1. The van der Waals surface area contributed by atoms with Crippen LogP contribution in [-0.2, 0) is 4.79 Å². The van der Waals surface area contributed by atoms with Gasteiger partial charge < -0.3 is 27.1 Å². The van der Waals surface area contributed by atoms with Crippen molar-refractivity contribution in [3.05, 3.63) is 58.5 Å². The minimum atomic E-state index is -0.421. The lowest BCUT2D eigenvalue weighted by Crippen LogP contribution is -2.73. The Hall–Kier alpha value is -4.46. The molecule has 0 aliphatic carbocycles. The fourth-order valence-corrected chi connectivity index (χ4v) is 3.61. The number of carbonyl (C=O) groups excluding carboxylic acids is 1.